The van der Waals surface area contributed by atoms with E-state index < -0.39 is 0 Å². The molecule has 0 radical (unpaired) electrons. The Morgan fingerprint density at radius 2 is 2.32 bits per heavy atom. The van der Waals surface area contributed by atoms with Crippen LogP contribution < -0.4 is 10.6 Å². The number of ether oxygens (including phenoxy) is 1. The lowest BCUT2D eigenvalue weighted by atomic mass is 10.1. The van der Waals surface area contributed by atoms with Crippen LogP contribution in [0.3, 0.4) is 0 Å². The van der Waals surface area contributed by atoms with Crippen LogP contribution in [-0.2, 0) is 4.74 Å². The van der Waals surface area contributed by atoms with Gasteiger partial charge >= 0.3 is 0 Å². The molecular weight excluding hydrogens is 246 g/mol. The molecule has 104 valence electrons. The number of rotatable bonds is 3. The summed E-state index contributed by atoms with van der Waals surface area (Å²) in [6.45, 7) is 5.80. The lowest BCUT2D eigenvalue weighted by Crippen LogP contribution is -2.49. The number of nitrogens with zero attached hydrogens (tertiary/aromatic N) is 2. The molecule has 0 aliphatic carbocycles. The maximum atomic E-state index is 10.8. The molecule has 19 heavy (non-hydrogen) atoms. The molecule has 1 heterocycles. The third-order valence-corrected chi connectivity index (χ3v) is 3.42. The van der Waals surface area contributed by atoms with Gasteiger partial charge < -0.3 is 15.4 Å². The number of nitrogens with two attached hydrogens (primary N) is 1. The van der Waals surface area contributed by atoms with Gasteiger partial charge in [0.25, 0.3) is 5.69 Å². The highest BCUT2D eigenvalue weighted by atomic mass is 16.6. The number of nitro groups is 1. The Hall–Kier alpha value is -1.66. The zero-order valence-corrected chi connectivity index (χ0v) is 11.2. The van der Waals surface area contributed by atoms with Gasteiger partial charge in [0.2, 0.25) is 0 Å². The number of benzene rings is 1. The van der Waals surface area contributed by atoms with Crippen molar-refractivity contribution in [3.8, 4) is 0 Å². The Morgan fingerprint density at radius 1 is 1.58 bits per heavy atom. The predicted octanol–water partition coefficient (Wildman–Crippen LogP) is 1.46. The summed E-state index contributed by atoms with van der Waals surface area (Å²) in [5, 5.41) is 10.8. The third-order valence-electron chi connectivity index (χ3n) is 3.42. The highest BCUT2D eigenvalue weighted by Gasteiger charge is 2.24. The van der Waals surface area contributed by atoms with E-state index in [1.165, 1.54) is 0 Å². The van der Waals surface area contributed by atoms with Gasteiger partial charge in [-0.25, -0.2) is 0 Å². The SMILES string of the molecule is Cc1cc(N2CCOC(C(C)N)C2)ccc1[N+](=O)[O-]. The highest BCUT2D eigenvalue weighted by molar-refractivity contribution is 5.55. The van der Waals surface area contributed by atoms with E-state index in [9.17, 15) is 10.1 Å². The summed E-state index contributed by atoms with van der Waals surface area (Å²) in [6.07, 6.45) is 0.00393. The molecule has 0 amide bonds. The van der Waals surface area contributed by atoms with Gasteiger partial charge in [0.1, 0.15) is 0 Å². The molecule has 1 fully saturated rings. The molecule has 1 aromatic rings. The number of anilines is 1. The molecule has 0 bridgehead atoms. The minimum absolute atomic E-state index is 0.00393. The second-order valence-corrected chi connectivity index (χ2v) is 4.94. The van der Waals surface area contributed by atoms with E-state index in [4.69, 9.17) is 10.5 Å². The zero-order chi connectivity index (χ0) is 14.0. The first-order valence-corrected chi connectivity index (χ1v) is 6.36. The monoisotopic (exact) mass is 265 g/mol. The molecule has 2 N–H and O–H groups in total. The molecule has 6 nitrogen and oxygen atoms in total. The quantitative estimate of drug-likeness (QED) is 0.661. The van der Waals surface area contributed by atoms with Gasteiger partial charge in [0.15, 0.2) is 0 Å². The van der Waals surface area contributed by atoms with Gasteiger partial charge in [-0.2, -0.15) is 0 Å². The van der Waals surface area contributed by atoms with E-state index in [1.54, 1.807) is 19.1 Å². The molecule has 0 aromatic heterocycles. The average molecular weight is 265 g/mol. The van der Waals surface area contributed by atoms with E-state index in [-0.39, 0.29) is 22.8 Å². The summed E-state index contributed by atoms with van der Waals surface area (Å²) in [5.74, 6) is 0. The van der Waals surface area contributed by atoms with Crippen molar-refractivity contribution in [3.05, 3.63) is 33.9 Å². The van der Waals surface area contributed by atoms with Crippen LogP contribution in [0.15, 0.2) is 18.2 Å². The number of hydrogen-bond acceptors (Lipinski definition) is 5. The third kappa shape index (κ3) is 3.02. The van der Waals surface area contributed by atoms with E-state index in [2.05, 4.69) is 4.90 Å². The van der Waals surface area contributed by atoms with Crippen molar-refractivity contribution in [2.45, 2.75) is 26.0 Å². The van der Waals surface area contributed by atoms with Gasteiger partial charge in [0.05, 0.1) is 17.6 Å². The van der Waals surface area contributed by atoms with Crippen molar-refractivity contribution >= 4 is 11.4 Å². The van der Waals surface area contributed by atoms with Crippen LogP contribution in [0.1, 0.15) is 12.5 Å². The highest BCUT2D eigenvalue weighted by Crippen LogP contribution is 2.25. The molecule has 2 unspecified atom stereocenters. The smallest absolute Gasteiger partial charge is 0.272 e. The first-order valence-electron chi connectivity index (χ1n) is 6.36. The molecule has 1 aromatic carbocycles. The number of hydrogen-bond donors (Lipinski definition) is 1. The van der Waals surface area contributed by atoms with Crippen LogP contribution in [0.4, 0.5) is 11.4 Å². The van der Waals surface area contributed by atoms with Crippen molar-refractivity contribution in [2.75, 3.05) is 24.6 Å². The lowest BCUT2D eigenvalue weighted by molar-refractivity contribution is -0.385. The minimum Gasteiger partial charge on any atom is -0.373 e. The normalized spacial score (nSPS) is 21.2. The Balaban J connectivity index is 2.18. The Bertz CT molecular complexity index is 476. The van der Waals surface area contributed by atoms with Gasteiger partial charge in [-0.05, 0) is 26.0 Å². The maximum Gasteiger partial charge on any atom is 0.272 e. The molecule has 1 aliphatic heterocycles. The summed E-state index contributed by atoms with van der Waals surface area (Å²) in [4.78, 5) is 12.6. The Kier molecular flexibility index (Phi) is 4.01. The fourth-order valence-electron chi connectivity index (χ4n) is 2.27. The number of morpholine rings is 1. The fraction of sp³-hybridized carbons (Fsp3) is 0.538. The van der Waals surface area contributed by atoms with Crippen LogP contribution in [0.25, 0.3) is 0 Å². The Labute approximate surface area is 112 Å². The van der Waals surface area contributed by atoms with Crippen molar-refractivity contribution in [2.24, 2.45) is 5.73 Å². The fourth-order valence-corrected chi connectivity index (χ4v) is 2.27. The Morgan fingerprint density at radius 3 is 2.89 bits per heavy atom. The van der Waals surface area contributed by atoms with Gasteiger partial charge in [-0.15, -0.1) is 0 Å². The van der Waals surface area contributed by atoms with Gasteiger partial charge in [-0.1, -0.05) is 0 Å². The molecule has 1 saturated heterocycles. The van der Waals surface area contributed by atoms with E-state index in [1.807, 2.05) is 13.0 Å². The first kappa shape index (κ1) is 13.8. The van der Waals surface area contributed by atoms with Crippen LogP contribution in [0, 0.1) is 17.0 Å². The van der Waals surface area contributed by atoms with Gasteiger partial charge in [-0.3, -0.25) is 10.1 Å². The maximum absolute atomic E-state index is 10.8. The van der Waals surface area contributed by atoms with Crippen LogP contribution in [0.5, 0.6) is 0 Å². The van der Waals surface area contributed by atoms with Crippen LogP contribution >= 0.6 is 0 Å². The van der Waals surface area contributed by atoms with E-state index >= 15 is 0 Å². The molecule has 2 atom stereocenters. The number of aryl methyl sites for hydroxylation is 1. The molecule has 0 spiro atoms. The second kappa shape index (κ2) is 5.54. The summed E-state index contributed by atoms with van der Waals surface area (Å²) < 4.78 is 5.61. The molecule has 6 heteroatoms. The molecule has 2 rings (SSSR count). The van der Waals surface area contributed by atoms with Crippen LogP contribution in [-0.4, -0.2) is 36.8 Å². The summed E-state index contributed by atoms with van der Waals surface area (Å²) in [5.41, 5.74) is 7.67. The lowest BCUT2D eigenvalue weighted by Gasteiger charge is -2.36. The summed E-state index contributed by atoms with van der Waals surface area (Å²) in [6, 6.07) is 5.17. The standard InChI is InChI=1S/C13H19N3O3/c1-9-7-11(3-4-12(9)16(17)18)15-5-6-19-13(8-15)10(2)14/h3-4,7,10,13H,5-6,8,14H2,1-2H3. The average Bonchev–Trinajstić information content (AvgIpc) is 2.38. The predicted molar refractivity (Wildman–Crippen MR) is 73.4 cm³/mol. The molecular formula is C13H19N3O3. The largest absolute Gasteiger partial charge is 0.373 e. The van der Waals surface area contributed by atoms with Crippen molar-refractivity contribution in [1.82, 2.24) is 0 Å². The van der Waals surface area contributed by atoms with Crippen molar-refractivity contribution < 1.29 is 9.66 Å². The minimum atomic E-state index is -0.358. The topological polar surface area (TPSA) is 81.6 Å². The van der Waals surface area contributed by atoms with Crippen molar-refractivity contribution in [1.29, 1.82) is 0 Å². The molecule has 1 aliphatic rings. The van der Waals surface area contributed by atoms with Gasteiger partial charge in [0, 0.05) is 36.4 Å². The second-order valence-electron chi connectivity index (χ2n) is 4.94. The number of nitro benzene ring substituents is 1. The van der Waals surface area contributed by atoms with E-state index in [0.717, 1.165) is 18.8 Å². The van der Waals surface area contributed by atoms with Crippen LogP contribution in [0.2, 0.25) is 0 Å². The summed E-state index contributed by atoms with van der Waals surface area (Å²) in [7, 11) is 0. The molecule has 0 saturated carbocycles. The zero-order valence-electron chi connectivity index (χ0n) is 11.2. The first-order chi connectivity index (χ1) is 8.99. The summed E-state index contributed by atoms with van der Waals surface area (Å²) >= 11 is 0. The van der Waals surface area contributed by atoms with E-state index in [0.29, 0.717) is 12.2 Å². The van der Waals surface area contributed by atoms with Crippen molar-refractivity contribution in [3.63, 3.8) is 0 Å².